The van der Waals surface area contributed by atoms with Gasteiger partial charge in [-0.2, -0.15) is 0 Å². The SMILES string of the molecule is COC(=O)CP(=O)(O)[C@@H](O)[C@@H](N)CC(C)C. The van der Waals surface area contributed by atoms with Crippen LogP contribution in [0.2, 0.25) is 0 Å². The first-order valence-electron chi connectivity index (χ1n) is 5.02. The van der Waals surface area contributed by atoms with Crippen LogP contribution in [0.4, 0.5) is 0 Å². The maximum Gasteiger partial charge on any atom is 0.315 e. The van der Waals surface area contributed by atoms with Crippen LogP contribution in [0.5, 0.6) is 0 Å². The van der Waals surface area contributed by atoms with Crippen LogP contribution in [0.15, 0.2) is 0 Å². The van der Waals surface area contributed by atoms with Crippen molar-refractivity contribution in [3.8, 4) is 0 Å². The van der Waals surface area contributed by atoms with Gasteiger partial charge in [0.05, 0.1) is 7.11 Å². The molecule has 16 heavy (non-hydrogen) atoms. The highest BCUT2D eigenvalue weighted by Gasteiger charge is 2.36. The van der Waals surface area contributed by atoms with Crippen LogP contribution >= 0.6 is 7.37 Å². The molecule has 0 radical (unpaired) electrons. The van der Waals surface area contributed by atoms with E-state index in [1.807, 2.05) is 13.8 Å². The normalized spacial score (nSPS) is 18.9. The third-order valence-corrected chi connectivity index (χ3v) is 4.04. The number of carbonyl (C=O) groups excluding carboxylic acids is 1. The topological polar surface area (TPSA) is 110 Å². The van der Waals surface area contributed by atoms with E-state index in [-0.39, 0.29) is 5.92 Å². The predicted octanol–water partition coefficient (Wildman–Crippen LogP) is 0.122. The fourth-order valence-corrected chi connectivity index (χ4v) is 2.71. The zero-order chi connectivity index (χ0) is 12.9. The number of nitrogens with two attached hydrogens (primary N) is 1. The Balaban J connectivity index is 4.50. The molecular formula is C9H20NO5P. The van der Waals surface area contributed by atoms with Gasteiger partial charge in [0.2, 0.25) is 7.37 Å². The lowest BCUT2D eigenvalue weighted by Crippen LogP contribution is -2.37. The molecule has 0 aromatic rings. The van der Waals surface area contributed by atoms with Crippen molar-refractivity contribution in [2.75, 3.05) is 13.3 Å². The van der Waals surface area contributed by atoms with Crippen molar-refractivity contribution in [3.63, 3.8) is 0 Å². The Morgan fingerprint density at radius 1 is 1.50 bits per heavy atom. The van der Waals surface area contributed by atoms with Crippen molar-refractivity contribution in [3.05, 3.63) is 0 Å². The summed E-state index contributed by atoms with van der Waals surface area (Å²) in [5.41, 5.74) is 5.59. The van der Waals surface area contributed by atoms with Gasteiger partial charge in [-0.05, 0) is 12.3 Å². The summed E-state index contributed by atoms with van der Waals surface area (Å²) in [7, 11) is -2.90. The number of carbonyl (C=O) groups is 1. The molecule has 1 unspecified atom stereocenters. The van der Waals surface area contributed by atoms with Gasteiger partial charge in [0.15, 0.2) is 0 Å². The van der Waals surface area contributed by atoms with E-state index >= 15 is 0 Å². The monoisotopic (exact) mass is 253 g/mol. The molecule has 0 bridgehead atoms. The Labute approximate surface area is 95.2 Å². The van der Waals surface area contributed by atoms with Crippen molar-refractivity contribution >= 4 is 13.3 Å². The van der Waals surface area contributed by atoms with Gasteiger partial charge in [-0.25, -0.2) is 0 Å². The summed E-state index contributed by atoms with van der Waals surface area (Å²) in [5, 5.41) is 9.59. The van der Waals surface area contributed by atoms with Gasteiger partial charge in [-0.1, -0.05) is 13.8 Å². The molecule has 0 aromatic carbocycles. The fraction of sp³-hybridized carbons (Fsp3) is 0.889. The second-order valence-electron chi connectivity index (χ2n) is 4.20. The number of aliphatic hydroxyl groups is 1. The highest BCUT2D eigenvalue weighted by Crippen LogP contribution is 2.46. The number of esters is 1. The summed E-state index contributed by atoms with van der Waals surface area (Å²) in [6.07, 6.45) is -0.302. The number of aliphatic hydroxyl groups excluding tert-OH is 1. The van der Waals surface area contributed by atoms with E-state index in [0.29, 0.717) is 6.42 Å². The first-order chi connectivity index (χ1) is 7.20. The molecule has 0 spiro atoms. The van der Waals surface area contributed by atoms with E-state index in [9.17, 15) is 19.4 Å². The average molecular weight is 253 g/mol. The van der Waals surface area contributed by atoms with Gasteiger partial charge in [-0.3, -0.25) is 9.36 Å². The third kappa shape index (κ3) is 5.07. The lowest BCUT2D eigenvalue weighted by molar-refractivity contribution is -0.137. The minimum atomic E-state index is -4.01. The van der Waals surface area contributed by atoms with Gasteiger partial charge >= 0.3 is 5.97 Å². The van der Waals surface area contributed by atoms with Crippen LogP contribution in [0.25, 0.3) is 0 Å². The smallest absolute Gasteiger partial charge is 0.315 e. The Hall–Kier alpha value is -0.420. The van der Waals surface area contributed by atoms with Crippen LogP contribution in [-0.4, -0.2) is 41.1 Å². The van der Waals surface area contributed by atoms with E-state index in [2.05, 4.69) is 4.74 Å². The summed E-state index contributed by atoms with van der Waals surface area (Å²) in [6.45, 7) is 3.77. The summed E-state index contributed by atoms with van der Waals surface area (Å²) in [6, 6.07) is -0.819. The van der Waals surface area contributed by atoms with Gasteiger partial charge < -0.3 is 20.5 Å². The summed E-state index contributed by atoms with van der Waals surface area (Å²) in [5.74, 6) is -2.22. The standard InChI is InChI=1S/C9H20NO5P/c1-6(2)4-7(10)9(12)16(13,14)5-8(11)15-3/h6-7,9,12H,4-5,10H2,1-3H3,(H,13,14)/t7-,9+/m0/s1. The minimum absolute atomic E-state index is 0.197. The fourth-order valence-electron chi connectivity index (χ4n) is 1.31. The number of hydrogen-bond acceptors (Lipinski definition) is 5. The van der Waals surface area contributed by atoms with Crippen LogP contribution in [0.3, 0.4) is 0 Å². The van der Waals surface area contributed by atoms with E-state index in [1.54, 1.807) is 0 Å². The molecule has 0 aliphatic heterocycles. The van der Waals surface area contributed by atoms with Gasteiger partial charge in [0, 0.05) is 6.04 Å². The molecule has 3 atom stereocenters. The molecule has 0 aliphatic rings. The number of hydrogen-bond donors (Lipinski definition) is 3. The summed E-state index contributed by atoms with van der Waals surface area (Å²) in [4.78, 5) is 20.4. The molecule has 0 heterocycles. The molecule has 0 saturated heterocycles. The molecule has 0 rings (SSSR count). The highest BCUT2D eigenvalue weighted by atomic mass is 31.2. The molecule has 0 saturated carbocycles. The summed E-state index contributed by atoms with van der Waals surface area (Å²) < 4.78 is 15.9. The lowest BCUT2D eigenvalue weighted by Gasteiger charge is -2.24. The molecule has 6 nitrogen and oxygen atoms in total. The first kappa shape index (κ1) is 15.6. The van der Waals surface area contributed by atoms with E-state index in [4.69, 9.17) is 5.73 Å². The molecule has 0 fully saturated rings. The van der Waals surface area contributed by atoms with Crippen molar-refractivity contribution in [2.24, 2.45) is 11.7 Å². The molecule has 0 aliphatic carbocycles. The van der Waals surface area contributed by atoms with Gasteiger partial charge in [-0.15, -0.1) is 0 Å². The van der Waals surface area contributed by atoms with Crippen LogP contribution in [0, 0.1) is 5.92 Å². The number of rotatable bonds is 6. The van der Waals surface area contributed by atoms with Crippen LogP contribution in [-0.2, 0) is 14.1 Å². The predicted molar refractivity (Wildman–Crippen MR) is 60.1 cm³/mol. The molecular weight excluding hydrogens is 233 g/mol. The quantitative estimate of drug-likeness (QED) is 0.458. The van der Waals surface area contributed by atoms with Crippen molar-refractivity contribution < 1.29 is 24.1 Å². The Morgan fingerprint density at radius 2 is 2.00 bits per heavy atom. The number of methoxy groups -OCH3 is 1. The van der Waals surface area contributed by atoms with E-state index in [0.717, 1.165) is 7.11 Å². The zero-order valence-electron chi connectivity index (χ0n) is 9.79. The van der Waals surface area contributed by atoms with E-state index < -0.39 is 31.4 Å². The molecule has 0 aromatic heterocycles. The Morgan fingerprint density at radius 3 is 2.38 bits per heavy atom. The number of ether oxygens (including phenoxy) is 1. The lowest BCUT2D eigenvalue weighted by atomic mass is 10.1. The van der Waals surface area contributed by atoms with Crippen LogP contribution in [0.1, 0.15) is 20.3 Å². The molecule has 96 valence electrons. The zero-order valence-corrected chi connectivity index (χ0v) is 10.7. The highest BCUT2D eigenvalue weighted by molar-refractivity contribution is 7.59. The van der Waals surface area contributed by atoms with Crippen molar-refractivity contribution in [1.82, 2.24) is 0 Å². The average Bonchev–Trinajstić information content (AvgIpc) is 2.14. The molecule has 7 heteroatoms. The largest absolute Gasteiger partial charge is 0.469 e. The van der Waals surface area contributed by atoms with Gasteiger partial charge in [0.25, 0.3) is 0 Å². The van der Waals surface area contributed by atoms with Crippen molar-refractivity contribution in [2.45, 2.75) is 32.2 Å². The van der Waals surface area contributed by atoms with Gasteiger partial charge in [0.1, 0.15) is 12.0 Å². The van der Waals surface area contributed by atoms with E-state index in [1.165, 1.54) is 0 Å². The second kappa shape index (κ2) is 6.35. The second-order valence-corrected chi connectivity index (χ2v) is 6.55. The minimum Gasteiger partial charge on any atom is -0.469 e. The maximum atomic E-state index is 11.6. The molecule has 4 N–H and O–H groups in total. The Kier molecular flexibility index (Phi) is 6.18. The van der Waals surface area contributed by atoms with Crippen LogP contribution < -0.4 is 5.73 Å². The first-order valence-corrected chi connectivity index (χ1v) is 6.94. The van der Waals surface area contributed by atoms with Crippen molar-refractivity contribution in [1.29, 1.82) is 0 Å². The maximum absolute atomic E-state index is 11.6. The molecule has 0 amide bonds. The third-order valence-electron chi connectivity index (χ3n) is 2.12. The Bertz CT molecular complexity index is 281. The summed E-state index contributed by atoms with van der Waals surface area (Å²) >= 11 is 0.